The van der Waals surface area contributed by atoms with Crippen LogP contribution in [0.15, 0.2) is 24.9 Å². The molecule has 0 spiro atoms. The molecule has 3 heteroatoms. The van der Waals surface area contributed by atoms with Gasteiger partial charge in [0.2, 0.25) is 0 Å². The fraction of sp³-hybridized carbons (Fsp3) is 0.375. The standard InChI is InChI=1S/C8H13NO2/c1-4-9(3)6-5-7(2)8(10)11/h4H,1-2,5-6H2,3H3,(H,10,11). The highest BCUT2D eigenvalue weighted by atomic mass is 16.4. The van der Waals surface area contributed by atoms with Crippen LogP contribution in [0.4, 0.5) is 0 Å². The van der Waals surface area contributed by atoms with Gasteiger partial charge in [-0.1, -0.05) is 13.2 Å². The van der Waals surface area contributed by atoms with Crippen LogP contribution in [0, 0.1) is 0 Å². The van der Waals surface area contributed by atoms with Crippen molar-refractivity contribution in [2.45, 2.75) is 6.42 Å². The Morgan fingerprint density at radius 2 is 2.27 bits per heavy atom. The summed E-state index contributed by atoms with van der Waals surface area (Å²) in [6.45, 7) is 7.58. The van der Waals surface area contributed by atoms with E-state index in [-0.39, 0.29) is 5.57 Å². The van der Waals surface area contributed by atoms with Crippen LogP contribution in [-0.4, -0.2) is 29.6 Å². The van der Waals surface area contributed by atoms with E-state index in [1.807, 2.05) is 11.9 Å². The van der Waals surface area contributed by atoms with Crippen LogP contribution in [-0.2, 0) is 4.79 Å². The first-order chi connectivity index (χ1) is 5.07. The monoisotopic (exact) mass is 155 g/mol. The van der Waals surface area contributed by atoms with E-state index < -0.39 is 5.97 Å². The van der Waals surface area contributed by atoms with Crippen molar-refractivity contribution >= 4 is 5.97 Å². The van der Waals surface area contributed by atoms with Crippen LogP contribution in [0.25, 0.3) is 0 Å². The van der Waals surface area contributed by atoms with Gasteiger partial charge in [0, 0.05) is 19.2 Å². The van der Waals surface area contributed by atoms with Crippen molar-refractivity contribution in [2.75, 3.05) is 13.6 Å². The second-order valence-electron chi connectivity index (χ2n) is 2.32. The Balaban J connectivity index is 3.62. The van der Waals surface area contributed by atoms with Crippen molar-refractivity contribution in [3.05, 3.63) is 24.9 Å². The van der Waals surface area contributed by atoms with Crippen LogP contribution in [0.2, 0.25) is 0 Å². The number of rotatable bonds is 5. The molecular weight excluding hydrogens is 142 g/mol. The van der Waals surface area contributed by atoms with E-state index in [2.05, 4.69) is 13.2 Å². The van der Waals surface area contributed by atoms with Gasteiger partial charge in [0.15, 0.2) is 0 Å². The largest absolute Gasteiger partial charge is 0.478 e. The number of nitrogens with zero attached hydrogens (tertiary/aromatic N) is 1. The van der Waals surface area contributed by atoms with Gasteiger partial charge in [-0.15, -0.1) is 0 Å². The summed E-state index contributed by atoms with van der Waals surface area (Å²) in [5.41, 5.74) is 0.235. The lowest BCUT2D eigenvalue weighted by Gasteiger charge is -2.11. The molecule has 0 saturated carbocycles. The molecule has 0 heterocycles. The second-order valence-corrected chi connectivity index (χ2v) is 2.32. The lowest BCUT2D eigenvalue weighted by Crippen LogP contribution is -2.14. The maximum atomic E-state index is 10.3. The van der Waals surface area contributed by atoms with Gasteiger partial charge < -0.3 is 10.0 Å². The zero-order valence-corrected chi connectivity index (χ0v) is 6.71. The summed E-state index contributed by atoms with van der Waals surface area (Å²) in [5.74, 6) is -0.928. The Bertz CT molecular complexity index is 175. The lowest BCUT2D eigenvalue weighted by molar-refractivity contribution is -0.132. The minimum Gasteiger partial charge on any atom is -0.478 e. The van der Waals surface area contributed by atoms with Gasteiger partial charge >= 0.3 is 5.97 Å². The SMILES string of the molecule is C=CN(C)CCC(=C)C(=O)O. The summed E-state index contributed by atoms with van der Waals surface area (Å²) in [5, 5.41) is 8.42. The van der Waals surface area contributed by atoms with Gasteiger partial charge in [0.25, 0.3) is 0 Å². The zero-order chi connectivity index (χ0) is 8.85. The summed E-state index contributed by atoms with van der Waals surface area (Å²) < 4.78 is 0. The molecule has 0 fully saturated rings. The predicted octanol–water partition coefficient (Wildman–Crippen LogP) is 1.09. The highest BCUT2D eigenvalue weighted by molar-refractivity contribution is 5.85. The molecule has 0 atom stereocenters. The molecule has 0 amide bonds. The fourth-order valence-electron chi connectivity index (χ4n) is 0.510. The van der Waals surface area contributed by atoms with Crippen molar-refractivity contribution in [1.29, 1.82) is 0 Å². The van der Waals surface area contributed by atoms with Crippen LogP contribution < -0.4 is 0 Å². The molecule has 0 aliphatic heterocycles. The molecule has 0 aromatic carbocycles. The van der Waals surface area contributed by atoms with Crippen LogP contribution in [0.3, 0.4) is 0 Å². The number of carboxylic acid groups (broad SMARTS) is 1. The minimum atomic E-state index is -0.928. The normalized spacial score (nSPS) is 8.82. The number of hydrogen-bond acceptors (Lipinski definition) is 2. The summed E-state index contributed by atoms with van der Waals surface area (Å²) in [4.78, 5) is 12.1. The minimum absolute atomic E-state index is 0.235. The molecule has 1 N–H and O–H groups in total. The van der Waals surface area contributed by atoms with Gasteiger partial charge in [-0.25, -0.2) is 4.79 Å². The maximum absolute atomic E-state index is 10.3. The third kappa shape index (κ3) is 4.19. The molecule has 0 aromatic heterocycles. The van der Waals surface area contributed by atoms with E-state index in [1.165, 1.54) is 0 Å². The van der Waals surface area contributed by atoms with Crippen LogP contribution in [0.1, 0.15) is 6.42 Å². The van der Waals surface area contributed by atoms with Crippen molar-refractivity contribution in [3.8, 4) is 0 Å². The molecule has 0 radical (unpaired) electrons. The third-order valence-electron chi connectivity index (χ3n) is 1.38. The number of aliphatic carboxylic acids is 1. The molecule has 0 aliphatic carbocycles. The topological polar surface area (TPSA) is 40.5 Å². The third-order valence-corrected chi connectivity index (χ3v) is 1.38. The quantitative estimate of drug-likeness (QED) is 0.604. The number of carboxylic acids is 1. The molecule has 0 aliphatic rings. The van der Waals surface area contributed by atoms with Crippen LogP contribution in [0.5, 0.6) is 0 Å². The Morgan fingerprint density at radius 1 is 1.73 bits per heavy atom. The van der Waals surface area contributed by atoms with Crippen molar-refractivity contribution in [3.63, 3.8) is 0 Å². The van der Waals surface area contributed by atoms with Gasteiger partial charge in [-0.2, -0.15) is 0 Å². The molecule has 0 saturated heterocycles. The molecule has 0 rings (SSSR count). The van der Waals surface area contributed by atoms with Crippen molar-refractivity contribution in [1.82, 2.24) is 4.90 Å². The van der Waals surface area contributed by atoms with E-state index >= 15 is 0 Å². The lowest BCUT2D eigenvalue weighted by atomic mass is 10.2. The van der Waals surface area contributed by atoms with Crippen LogP contribution >= 0.6 is 0 Å². The van der Waals surface area contributed by atoms with Gasteiger partial charge in [-0.05, 0) is 12.6 Å². The maximum Gasteiger partial charge on any atom is 0.331 e. The Morgan fingerprint density at radius 3 is 2.64 bits per heavy atom. The smallest absolute Gasteiger partial charge is 0.331 e. The predicted molar refractivity (Wildman–Crippen MR) is 44.2 cm³/mol. The van der Waals surface area contributed by atoms with Crippen molar-refractivity contribution < 1.29 is 9.90 Å². The van der Waals surface area contributed by atoms with E-state index in [0.717, 1.165) is 0 Å². The van der Waals surface area contributed by atoms with E-state index in [1.54, 1.807) is 6.20 Å². The first-order valence-electron chi connectivity index (χ1n) is 3.31. The fourth-order valence-corrected chi connectivity index (χ4v) is 0.510. The molecule has 11 heavy (non-hydrogen) atoms. The first-order valence-corrected chi connectivity index (χ1v) is 3.31. The average Bonchev–Trinajstić information content (AvgIpc) is 1.99. The van der Waals surface area contributed by atoms with E-state index in [4.69, 9.17) is 5.11 Å². The average molecular weight is 155 g/mol. The summed E-state index contributed by atoms with van der Waals surface area (Å²) >= 11 is 0. The second kappa shape index (κ2) is 4.55. The van der Waals surface area contributed by atoms with Gasteiger partial charge in [-0.3, -0.25) is 0 Å². The van der Waals surface area contributed by atoms with Crippen molar-refractivity contribution in [2.24, 2.45) is 0 Å². The number of hydrogen-bond donors (Lipinski definition) is 1. The Kier molecular flexibility index (Phi) is 4.03. The zero-order valence-electron chi connectivity index (χ0n) is 6.71. The molecule has 0 unspecified atom stereocenters. The molecule has 0 aromatic rings. The van der Waals surface area contributed by atoms with Gasteiger partial charge in [0.1, 0.15) is 0 Å². The Labute approximate surface area is 66.6 Å². The molecule has 3 nitrogen and oxygen atoms in total. The van der Waals surface area contributed by atoms with E-state index in [9.17, 15) is 4.79 Å². The molecular formula is C8H13NO2. The highest BCUT2D eigenvalue weighted by Crippen LogP contribution is 1.98. The van der Waals surface area contributed by atoms with Gasteiger partial charge in [0.05, 0.1) is 0 Å². The highest BCUT2D eigenvalue weighted by Gasteiger charge is 2.02. The summed E-state index contributed by atoms with van der Waals surface area (Å²) in [6.07, 6.45) is 2.12. The first kappa shape index (κ1) is 9.75. The summed E-state index contributed by atoms with van der Waals surface area (Å²) in [6, 6.07) is 0. The Hall–Kier alpha value is -1.25. The molecule has 0 bridgehead atoms. The number of carbonyl (C=O) groups is 1. The summed E-state index contributed by atoms with van der Waals surface area (Å²) in [7, 11) is 1.84. The van der Waals surface area contributed by atoms with E-state index in [0.29, 0.717) is 13.0 Å². The molecule has 62 valence electrons.